The van der Waals surface area contributed by atoms with Gasteiger partial charge in [-0.1, -0.05) is 19.9 Å². The Kier molecular flexibility index (Phi) is 4.10. The van der Waals surface area contributed by atoms with Crippen LogP contribution in [0.3, 0.4) is 0 Å². The van der Waals surface area contributed by atoms with Gasteiger partial charge in [0.15, 0.2) is 5.78 Å². The standard InChI is InChI=1S/C13H17NO/c1-4-9-14-12-7-5-11(6-8-12)13(15)10(2)3/h4-8,10,14H,1,9H2,2-3H3. The van der Waals surface area contributed by atoms with Crippen molar-refractivity contribution < 1.29 is 4.79 Å². The summed E-state index contributed by atoms with van der Waals surface area (Å²) in [7, 11) is 0. The normalized spacial score (nSPS) is 10.1. The second-order valence-corrected chi connectivity index (χ2v) is 3.77. The van der Waals surface area contributed by atoms with Crippen LogP contribution in [0.25, 0.3) is 0 Å². The first-order valence-electron chi connectivity index (χ1n) is 5.14. The molecule has 0 radical (unpaired) electrons. The van der Waals surface area contributed by atoms with E-state index in [0.29, 0.717) is 0 Å². The smallest absolute Gasteiger partial charge is 0.165 e. The second kappa shape index (κ2) is 5.35. The van der Waals surface area contributed by atoms with Gasteiger partial charge < -0.3 is 5.32 Å². The molecular weight excluding hydrogens is 186 g/mol. The first-order valence-corrected chi connectivity index (χ1v) is 5.14. The van der Waals surface area contributed by atoms with Crippen molar-refractivity contribution in [1.29, 1.82) is 0 Å². The second-order valence-electron chi connectivity index (χ2n) is 3.77. The first-order chi connectivity index (χ1) is 7.15. The van der Waals surface area contributed by atoms with E-state index in [0.717, 1.165) is 17.8 Å². The van der Waals surface area contributed by atoms with Gasteiger partial charge in [-0.05, 0) is 24.3 Å². The summed E-state index contributed by atoms with van der Waals surface area (Å²) in [6.07, 6.45) is 1.80. The zero-order valence-electron chi connectivity index (χ0n) is 9.29. The molecule has 0 saturated heterocycles. The van der Waals surface area contributed by atoms with E-state index in [2.05, 4.69) is 11.9 Å². The van der Waals surface area contributed by atoms with E-state index in [1.165, 1.54) is 0 Å². The molecule has 0 fully saturated rings. The van der Waals surface area contributed by atoms with Crippen LogP contribution >= 0.6 is 0 Å². The minimum Gasteiger partial charge on any atom is -0.382 e. The topological polar surface area (TPSA) is 29.1 Å². The average molecular weight is 203 g/mol. The lowest BCUT2D eigenvalue weighted by molar-refractivity contribution is 0.0939. The van der Waals surface area contributed by atoms with Gasteiger partial charge in [-0.2, -0.15) is 0 Å². The van der Waals surface area contributed by atoms with Crippen LogP contribution in [0.15, 0.2) is 36.9 Å². The van der Waals surface area contributed by atoms with Crippen molar-refractivity contribution in [3.63, 3.8) is 0 Å². The third-order valence-electron chi connectivity index (χ3n) is 2.14. The van der Waals surface area contributed by atoms with Crippen molar-refractivity contribution in [1.82, 2.24) is 0 Å². The number of carbonyl (C=O) groups excluding carboxylic acids is 1. The van der Waals surface area contributed by atoms with Crippen molar-refractivity contribution in [2.45, 2.75) is 13.8 Å². The number of carbonyl (C=O) groups is 1. The van der Waals surface area contributed by atoms with Gasteiger partial charge >= 0.3 is 0 Å². The van der Waals surface area contributed by atoms with Gasteiger partial charge in [0.25, 0.3) is 0 Å². The molecule has 1 rings (SSSR count). The summed E-state index contributed by atoms with van der Waals surface area (Å²) in [5.74, 6) is 0.238. The Labute approximate surface area is 91.0 Å². The Morgan fingerprint density at radius 1 is 1.40 bits per heavy atom. The third-order valence-corrected chi connectivity index (χ3v) is 2.14. The highest BCUT2D eigenvalue weighted by Gasteiger charge is 2.09. The summed E-state index contributed by atoms with van der Waals surface area (Å²) in [5.41, 5.74) is 1.78. The highest BCUT2D eigenvalue weighted by molar-refractivity contribution is 5.97. The maximum atomic E-state index is 11.6. The molecule has 0 bridgehead atoms. The lowest BCUT2D eigenvalue weighted by atomic mass is 10.0. The van der Waals surface area contributed by atoms with Crippen LogP contribution in [0.2, 0.25) is 0 Å². The molecule has 0 saturated carbocycles. The van der Waals surface area contributed by atoms with Crippen LogP contribution in [0, 0.1) is 5.92 Å². The average Bonchev–Trinajstić information content (AvgIpc) is 2.26. The number of hydrogen-bond acceptors (Lipinski definition) is 2. The third kappa shape index (κ3) is 3.24. The monoisotopic (exact) mass is 203 g/mol. The Hall–Kier alpha value is -1.57. The van der Waals surface area contributed by atoms with Gasteiger partial charge in [-0.25, -0.2) is 0 Å². The first kappa shape index (κ1) is 11.5. The molecule has 0 heterocycles. The fraction of sp³-hybridized carbons (Fsp3) is 0.308. The van der Waals surface area contributed by atoms with Gasteiger partial charge in [0, 0.05) is 23.7 Å². The van der Waals surface area contributed by atoms with E-state index in [1.54, 1.807) is 6.08 Å². The minimum absolute atomic E-state index is 0.0528. The fourth-order valence-electron chi connectivity index (χ4n) is 1.28. The Morgan fingerprint density at radius 3 is 2.47 bits per heavy atom. The Morgan fingerprint density at radius 2 is 2.00 bits per heavy atom. The van der Waals surface area contributed by atoms with E-state index < -0.39 is 0 Å². The van der Waals surface area contributed by atoms with Gasteiger partial charge in [0.1, 0.15) is 0 Å². The number of Topliss-reactive ketones (excluding diaryl/α,β-unsaturated/α-hetero) is 1. The molecule has 0 aliphatic rings. The van der Waals surface area contributed by atoms with E-state index in [1.807, 2.05) is 38.1 Å². The van der Waals surface area contributed by atoms with Crippen LogP contribution in [-0.4, -0.2) is 12.3 Å². The van der Waals surface area contributed by atoms with Crippen LogP contribution < -0.4 is 5.32 Å². The molecule has 0 unspecified atom stereocenters. The molecule has 1 aromatic carbocycles. The lowest BCUT2D eigenvalue weighted by Gasteiger charge is -2.06. The number of nitrogens with one attached hydrogen (secondary N) is 1. The molecule has 1 aromatic rings. The predicted molar refractivity (Wildman–Crippen MR) is 64.3 cm³/mol. The van der Waals surface area contributed by atoms with E-state index in [9.17, 15) is 4.79 Å². The van der Waals surface area contributed by atoms with E-state index >= 15 is 0 Å². The van der Waals surface area contributed by atoms with Crippen LogP contribution in [0.5, 0.6) is 0 Å². The van der Waals surface area contributed by atoms with Crippen LogP contribution in [0.1, 0.15) is 24.2 Å². The summed E-state index contributed by atoms with van der Waals surface area (Å²) < 4.78 is 0. The Bertz CT molecular complexity index is 338. The van der Waals surface area contributed by atoms with Gasteiger partial charge in [-0.15, -0.1) is 6.58 Å². The van der Waals surface area contributed by atoms with E-state index in [4.69, 9.17) is 0 Å². The lowest BCUT2D eigenvalue weighted by Crippen LogP contribution is -2.07. The summed E-state index contributed by atoms with van der Waals surface area (Å²) in [5, 5.41) is 3.16. The number of rotatable bonds is 5. The van der Waals surface area contributed by atoms with Crippen molar-refractivity contribution in [2.24, 2.45) is 5.92 Å². The fourth-order valence-corrected chi connectivity index (χ4v) is 1.28. The van der Waals surface area contributed by atoms with Gasteiger partial charge in [-0.3, -0.25) is 4.79 Å². The van der Waals surface area contributed by atoms with Crippen LogP contribution in [-0.2, 0) is 0 Å². The number of ketones is 1. The summed E-state index contributed by atoms with van der Waals surface area (Å²) >= 11 is 0. The molecule has 15 heavy (non-hydrogen) atoms. The quantitative estimate of drug-likeness (QED) is 0.588. The maximum Gasteiger partial charge on any atom is 0.165 e. The molecule has 0 spiro atoms. The van der Waals surface area contributed by atoms with E-state index in [-0.39, 0.29) is 11.7 Å². The molecule has 0 aliphatic carbocycles. The molecule has 0 amide bonds. The SMILES string of the molecule is C=CCNc1ccc(C(=O)C(C)C)cc1. The summed E-state index contributed by atoms with van der Waals surface area (Å²) in [4.78, 5) is 11.6. The maximum absolute atomic E-state index is 11.6. The highest BCUT2D eigenvalue weighted by Crippen LogP contribution is 2.12. The summed E-state index contributed by atoms with van der Waals surface area (Å²) in [6.45, 7) is 8.18. The molecule has 2 heteroatoms. The summed E-state index contributed by atoms with van der Waals surface area (Å²) in [6, 6.07) is 7.54. The molecule has 1 N–H and O–H groups in total. The van der Waals surface area contributed by atoms with Crippen molar-refractivity contribution in [2.75, 3.05) is 11.9 Å². The number of hydrogen-bond donors (Lipinski definition) is 1. The molecule has 0 atom stereocenters. The largest absolute Gasteiger partial charge is 0.382 e. The molecule has 0 aromatic heterocycles. The van der Waals surface area contributed by atoms with Crippen LogP contribution in [0.4, 0.5) is 5.69 Å². The minimum atomic E-state index is 0.0528. The Balaban J connectivity index is 2.71. The number of anilines is 1. The molecule has 80 valence electrons. The van der Waals surface area contributed by atoms with Gasteiger partial charge in [0.2, 0.25) is 0 Å². The molecule has 2 nitrogen and oxygen atoms in total. The van der Waals surface area contributed by atoms with Gasteiger partial charge in [0.05, 0.1) is 0 Å². The van der Waals surface area contributed by atoms with Crippen molar-refractivity contribution in [3.8, 4) is 0 Å². The zero-order valence-corrected chi connectivity index (χ0v) is 9.29. The van der Waals surface area contributed by atoms with Crippen molar-refractivity contribution >= 4 is 11.5 Å². The molecular formula is C13H17NO. The highest BCUT2D eigenvalue weighted by atomic mass is 16.1. The number of benzene rings is 1. The van der Waals surface area contributed by atoms with Crippen molar-refractivity contribution in [3.05, 3.63) is 42.5 Å². The molecule has 0 aliphatic heterocycles. The zero-order chi connectivity index (χ0) is 11.3. The predicted octanol–water partition coefficient (Wildman–Crippen LogP) is 3.12.